The summed E-state index contributed by atoms with van der Waals surface area (Å²) in [4.78, 5) is 34.7. The van der Waals surface area contributed by atoms with Gasteiger partial charge in [0.2, 0.25) is 0 Å². The van der Waals surface area contributed by atoms with Gasteiger partial charge in [0.05, 0.1) is 38.7 Å². The Morgan fingerprint density at radius 3 is 1.97 bits per heavy atom. The Morgan fingerprint density at radius 2 is 1.35 bits per heavy atom. The lowest BCUT2D eigenvalue weighted by Gasteiger charge is -2.11. The van der Waals surface area contributed by atoms with Crippen LogP contribution in [0.4, 0.5) is 5.69 Å². The average molecular weight is 528 g/mol. The molecule has 1 N–H and O–H groups in total. The van der Waals surface area contributed by atoms with Crippen LogP contribution in [-0.4, -0.2) is 28.5 Å². The van der Waals surface area contributed by atoms with Gasteiger partial charge >= 0.3 is 5.97 Å². The number of amides is 1. The number of anilines is 1. The molecule has 0 aliphatic heterocycles. The third kappa shape index (κ3) is 5.61. The van der Waals surface area contributed by atoms with Gasteiger partial charge in [0, 0.05) is 16.1 Å². The molecule has 0 bridgehead atoms. The minimum atomic E-state index is -0.658. The number of halogens is 2. The molecule has 1 heterocycles. The standard InChI is InChI=1S/C29H19Cl2N3O3/c30-21-12-14-23(22(31)16-21)32-26(35)17-37-29(36)20-11-13-24-25(15-20)34-28(19-9-5-2-6-10-19)27(33-24)18-7-3-1-4-8-18/h1-16H,17H2,(H,32,35). The van der Waals surface area contributed by atoms with E-state index < -0.39 is 18.5 Å². The molecule has 8 heteroatoms. The van der Waals surface area contributed by atoms with Crippen LogP contribution in [0.5, 0.6) is 0 Å². The number of aromatic nitrogens is 2. The molecule has 0 spiro atoms. The number of nitrogens with zero attached hydrogens (tertiary/aromatic N) is 2. The van der Waals surface area contributed by atoms with E-state index in [1.807, 2.05) is 60.7 Å². The maximum Gasteiger partial charge on any atom is 0.338 e. The molecule has 0 saturated heterocycles. The smallest absolute Gasteiger partial charge is 0.338 e. The van der Waals surface area contributed by atoms with E-state index in [0.29, 0.717) is 27.4 Å². The highest BCUT2D eigenvalue weighted by Gasteiger charge is 2.16. The van der Waals surface area contributed by atoms with Crippen LogP contribution in [0, 0.1) is 0 Å². The summed E-state index contributed by atoms with van der Waals surface area (Å²) in [5.74, 6) is -1.19. The summed E-state index contributed by atoms with van der Waals surface area (Å²) in [7, 11) is 0. The van der Waals surface area contributed by atoms with E-state index in [-0.39, 0.29) is 10.6 Å². The molecule has 6 nitrogen and oxygen atoms in total. The number of benzene rings is 4. The van der Waals surface area contributed by atoms with Gasteiger partial charge in [-0.05, 0) is 36.4 Å². The fraction of sp³-hybridized carbons (Fsp3) is 0.0345. The first kappa shape index (κ1) is 24.4. The molecule has 0 atom stereocenters. The van der Waals surface area contributed by atoms with Gasteiger partial charge < -0.3 is 10.1 Å². The second-order valence-corrected chi connectivity index (χ2v) is 8.95. The van der Waals surface area contributed by atoms with Gasteiger partial charge in [-0.2, -0.15) is 0 Å². The van der Waals surface area contributed by atoms with Gasteiger partial charge in [-0.3, -0.25) is 4.79 Å². The highest BCUT2D eigenvalue weighted by Crippen LogP contribution is 2.31. The van der Waals surface area contributed by atoms with Crippen molar-refractivity contribution in [3.05, 3.63) is 113 Å². The zero-order chi connectivity index (χ0) is 25.8. The van der Waals surface area contributed by atoms with E-state index >= 15 is 0 Å². The van der Waals surface area contributed by atoms with Gasteiger partial charge in [0.15, 0.2) is 6.61 Å². The first-order valence-electron chi connectivity index (χ1n) is 11.3. The van der Waals surface area contributed by atoms with Crippen LogP contribution in [-0.2, 0) is 9.53 Å². The van der Waals surface area contributed by atoms with Crippen molar-refractivity contribution in [1.82, 2.24) is 9.97 Å². The Morgan fingerprint density at radius 1 is 0.730 bits per heavy atom. The monoisotopic (exact) mass is 527 g/mol. The van der Waals surface area contributed by atoms with E-state index in [1.54, 1.807) is 30.3 Å². The third-order valence-corrected chi connectivity index (χ3v) is 6.08. The van der Waals surface area contributed by atoms with E-state index in [2.05, 4.69) is 5.32 Å². The molecule has 0 aliphatic rings. The Balaban J connectivity index is 1.39. The van der Waals surface area contributed by atoms with Gasteiger partial charge in [0.1, 0.15) is 0 Å². The van der Waals surface area contributed by atoms with Crippen LogP contribution in [0.25, 0.3) is 33.5 Å². The largest absolute Gasteiger partial charge is 0.452 e. The van der Waals surface area contributed by atoms with Gasteiger partial charge in [0.25, 0.3) is 5.91 Å². The molecule has 0 radical (unpaired) electrons. The van der Waals surface area contributed by atoms with Crippen molar-refractivity contribution >= 4 is 51.8 Å². The fourth-order valence-corrected chi connectivity index (χ4v) is 4.22. The summed E-state index contributed by atoms with van der Waals surface area (Å²) in [6, 6.07) is 29.2. The predicted octanol–water partition coefficient (Wildman–Crippen LogP) is 7.07. The molecular weight excluding hydrogens is 509 g/mol. The predicted molar refractivity (Wildman–Crippen MR) is 146 cm³/mol. The normalized spacial score (nSPS) is 10.8. The molecule has 0 unspecified atom stereocenters. The van der Waals surface area contributed by atoms with Crippen molar-refractivity contribution in [3.8, 4) is 22.5 Å². The molecular formula is C29H19Cl2N3O3. The molecule has 0 aliphatic carbocycles. The Labute approximate surface area is 222 Å². The fourth-order valence-electron chi connectivity index (χ4n) is 3.77. The summed E-state index contributed by atoms with van der Waals surface area (Å²) in [6.07, 6.45) is 0. The summed E-state index contributed by atoms with van der Waals surface area (Å²) < 4.78 is 5.21. The second kappa shape index (κ2) is 10.8. The number of rotatable bonds is 6. The minimum Gasteiger partial charge on any atom is -0.452 e. The maximum atomic E-state index is 12.7. The van der Waals surface area contributed by atoms with Crippen LogP contribution >= 0.6 is 23.2 Å². The zero-order valence-electron chi connectivity index (χ0n) is 19.3. The number of hydrogen-bond acceptors (Lipinski definition) is 5. The van der Waals surface area contributed by atoms with Crippen LogP contribution in [0.2, 0.25) is 10.0 Å². The molecule has 182 valence electrons. The molecule has 0 fully saturated rings. The molecule has 5 aromatic rings. The van der Waals surface area contributed by atoms with E-state index in [1.165, 1.54) is 6.07 Å². The summed E-state index contributed by atoms with van der Waals surface area (Å²) in [5.41, 5.74) is 5.07. The van der Waals surface area contributed by atoms with E-state index in [0.717, 1.165) is 16.8 Å². The number of nitrogens with one attached hydrogen (secondary N) is 1. The van der Waals surface area contributed by atoms with Gasteiger partial charge in [-0.1, -0.05) is 83.9 Å². The van der Waals surface area contributed by atoms with Crippen LogP contribution in [0.1, 0.15) is 10.4 Å². The highest BCUT2D eigenvalue weighted by molar-refractivity contribution is 6.36. The topological polar surface area (TPSA) is 81.2 Å². The van der Waals surface area contributed by atoms with Crippen LogP contribution < -0.4 is 5.32 Å². The molecule has 1 amide bonds. The minimum absolute atomic E-state index is 0.255. The maximum absolute atomic E-state index is 12.7. The van der Waals surface area contributed by atoms with Crippen molar-refractivity contribution in [3.63, 3.8) is 0 Å². The first-order valence-corrected chi connectivity index (χ1v) is 12.1. The van der Waals surface area contributed by atoms with E-state index in [4.69, 9.17) is 37.9 Å². The SMILES string of the molecule is O=C(COC(=O)c1ccc2nc(-c3ccccc3)c(-c3ccccc3)nc2c1)Nc1ccc(Cl)cc1Cl. The Kier molecular flexibility index (Phi) is 7.12. The molecule has 5 rings (SSSR count). The van der Waals surface area contributed by atoms with Crippen molar-refractivity contribution in [1.29, 1.82) is 0 Å². The van der Waals surface area contributed by atoms with Crippen molar-refractivity contribution < 1.29 is 14.3 Å². The number of carbonyl (C=O) groups is 2. The summed E-state index contributed by atoms with van der Waals surface area (Å²) in [5, 5.41) is 3.32. The quantitative estimate of drug-likeness (QED) is 0.239. The van der Waals surface area contributed by atoms with E-state index in [9.17, 15) is 9.59 Å². The number of fused-ring (bicyclic) bond motifs is 1. The second-order valence-electron chi connectivity index (χ2n) is 8.10. The number of hydrogen-bond donors (Lipinski definition) is 1. The highest BCUT2D eigenvalue weighted by atomic mass is 35.5. The molecule has 37 heavy (non-hydrogen) atoms. The number of esters is 1. The summed E-state index contributed by atoms with van der Waals surface area (Å²) >= 11 is 11.9. The zero-order valence-corrected chi connectivity index (χ0v) is 20.8. The summed E-state index contributed by atoms with van der Waals surface area (Å²) in [6.45, 7) is -0.482. The van der Waals surface area contributed by atoms with Crippen molar-refractivity contribution in [2.45, 2.75) is 0 Å². The Bertz CT molecular complexity index is 1610. The molecule has 0 saturated carbocycles. The molecule has 1 aromatic heterocycles. The van der Waals surface area contributed by atoms with Gasteiger partial charge in [-0.25, -0.2) is 14.8 Å². The van der Waals surface area contributed by atoms with Crippen LogP contribution in [0.15, 0.2) is 97.1 Å². The van der Waals surface area contributed by atoms with Crippen molar-refractivity contribution in [2.75, 3.05) is 11.9 Å². The third-order valence-electron chi connectivity index (χ3n) is 5.53. The van der Waals surface area contributed by atoms with Crippen molar-refractivity contribution in [2.24, 2.45) is 0 Å². The lowest BCUT2D eigenvalue weighted by atomic mass is 10.0. The average Bonchev–Trinajstić information content (AvgIpc) is 2.93. The number of carbonyl (C=O) groups excluding carboxylic acids is 2. The Hall–Kier alpha value is -4.26. The van der Waals surface area contributed by atoms with Gasteiger partial charge in [-0.15, -0.1) is 0 Å². The first-order chi connectivity index (χ1) is 18.0. The number of ether oxygens (including phenoxy) is 1. The lowest BCUT2D eigenvalue weighted by molar-refractivity contribution is -0.119. The lowest BCUT2D eigenvalue weighted by Crippen LogP contribution is -2.21. The van der Waals surface area contributed by atoms with Crippen LogP contribution in [0.3, 0.4) is 0 Å². The molecule has 4 aromatic carbocycles.